The molecule has 1 N–H and O–H groups in total. The Morgan fingerprint density at radius 1 is 1.50 bits per heavy atom. The first kappa shape index (κ1) is 14.6. The monoisotopic (exact) mass is 279 g/mol. The summed E-state index contributed by atoms with van der Waals surface area (Å²) in [5.74, 6) is -0.244. The number of likely N-dealkylation sites (tertiary alicyclic amines) is 1. The van der Waals surface area contributed by atoms with E-state index in [1.807, 2.05) is 6.92 Å². The summed E-state index contributed by atoms with van der Waals surface area (Å²) in [6.07, 6.45) is 4.23. The molecule has 2 heterocycles. The highest BCUT2D eigenvalue weighted by molar-refractivity contribution is 5.94. The maximum atomic E-state index is 12.4. The van der Waals surface area contributed by atoms with Gasteiger partial charge in [-0.05, 0) is 32.3 Å². The summed E-state index contributed by atoms with van der Waals surface area (Å²) >= 11 is 0. The standard InChI is InChI=1S/C15H21NO4/c1-3-5-15(14(18)19)6-4-7-16(10-15)13(17)12-8-11(2)20-9-12/h8-9H,3-7,10H2,1-2H3,(H,18,19). The lowest BCUT2D eigenvalue weighted by Gasteiger charge is -2.39. The van der Waals surface area contributed by atoms with Crippen molar-refractivity contribution in [2.75, 3.05) is 13.1 Å². The summed E-state index contributed by atoms with van der Waals surface area (Å²) in [5, 5.41) is 9.54. The van der Waals surface area contributed by atoms with E-state index >= 15 is 0 Å². The Kier molecular flexibility index (Phi) is 4.16. The van der Waals surface area contributed by atoms with Gasteiger partial charge in [-0.2, -0.15) is 0 Å². The summed E-state index contributed by atoms with van der Waals surface area (Å²) in [7, 11) is 0. The van der Waals surface area contributed by atoms with Gasteiger partial charge in [0.2, 0.25) is 0 Å². The van der Waals surface area contributed by atoms with Gasteiger partial charge in [0, 0.05) is 13.1 Å². The highest BCUT2D eigenvalue weighted by Crippen LogP contribution is 2.35. The fourth-order valence-electron chi connectivity index (χ4n) is 3.01. The molecule has 110 valence electrons. The van der Waals surface area contributed by atoms with E-state index in [1.54, 1.807) is 17.9 Å². The fraction of sp³-hybridized carbons (Fsp3) is 0.600. The van der Waals surface area contributed by atoms with Crippen LogP contribution in [0.3, 0.4) is 0 Å². The quantitative estimate of drug-likeness (QED) is 0.919. The maximum Gasteiger partial charge on any atom is 0.311 e. The zero-order chi connectivity index (χ0) is 14.8. The molecule has 1 fully saturated rings. The molecule has 2 rings (SSSR count). The normalized spacial score (nSPS) is 22.8. The highest BCUT2D eigenvalue weighted by atomic mass is 16.4. The molecule has 1 aromatic rings. The molecule has 0 aromatic carbocycles. The van der Waals surface area contributed by atoms with Crippen LogP contribution in [0.5, 0.6) is 0 Å². The SMILES string of the molecule is CCCC1(C(=O)O)CCCN(C(=O)c2coc(C)c2)C1. The van der Waals surface area contributed by atoms with E-state index in [4.69, 9.17) is 4.42 Å². The van der Waals surface area contributed by atoms with Crippen molar-refractivity contribution in [3.8, 4) is 0 Å². The van der Waals surface area contributed by atoms with Crippen LogP contribution in [0.25, 0.3) is 0 Å². The van der Waals surface area contributed by atoms with Crippen molar-refractivity contribution in [3.05, 3.63) is 23.7 Å². The molecule has 5 heteroatoms. The number of amides is 1. The summed E-state index contributed by atoms with van der Waals surface area (Å²) < 4.78 is 5.16. The third-order valence-corrected chi connectivity index (χ3v) is 4.02. The lowest BCUT2D eigenvalue weighted by Crippen LogP contribution is -2.49. The Balaban J connectivity index is 2.17. The van der Waals surface area contributed by atoms with Crippen molar-refractivity contribution in [1.29, 1.82) is 0 Å². The van der Waals surface area contributed by atoms with Gasteiger partial charge < -0.3 is 14.4 Å². The van der Waals surface area contributed by atoms with Gasteiger partial charge >= 0.3 is 5.97 Å². The molecule has 1 unspecified atom stereocenters. The van der Waals surface area contributed by atoms with Crippen LogP contribution in [0.1, 0.15) is 48.7 Å². The lowest BCUT2D eigenvalue weighted by atomic mass is 9.76. The molecule has 20 heavy (non-hydrogen) atoms. The Bertz CT molecular complexity index is 504. The van der Waals surface area contributed by atoms with Gasteiger partial charge in [0.1, 0.15) is 12.0 Å². The Morgan fingerprint density at radius 3 is 2.80 bits per heavy atom. The Morgan fingerprint density at radius 2 is 2.25 bits per heavy atom. The van der Waals surface area contributed by atoms with E-state index in [1.165, 1.54) is 6.26 Å². The third-order valence-electron chi connectivity index (χ3n) is 4.02. The van der Waals surface area contributed by atoms with E-state index in [-0.39, 0.29) is 5.91 Å². The van der Waals surface area contributed by atoms with E-state index in [9.17, 15) is 14.7 Å². The first-order valence-corrected chi connectivity index (χ1v) is 7.06. The number of furan rings is 1. The smallest absolute Gasteiger partial charge is 0.311 e. The van der Waals surface area contributed by atoms with Crippen molar-refractivity contribution in [2.24, 2.45) is 5.41 Å². The number of carboxylic acids is 1. The third kappa shape index (κ3) is 2.71. The Hall–Kier alpha value is -1.78. The van der Waals surface area contributed by atoms with Gasteiger partial charge in [-0.1, -0.05) is 13.3 Å². The van der Waals surface area contributed by atoms with Crippen molar-refractivity contribution in [3.63, 3.8) is 0 Å². The highest BCUT2D eigenvalue weighted by Gasteiger charge is 2.43. The molecule has 0 spiro atoms. The number of aliphatic carboxylic acids is 1. The molecule has 1 atom stereocenters. The summed E-state index contributed by atoms with van der Waals surface area (Å²) in [6, 6.07) is 1.69. The van der Waals surface area contributed by atoms with E-state index in [0.717, 1.165) is 12.8 Å². The molecule has 1 aliphatic rings. The molecule has 0 aliphatic carbocycles. The van der Waals surface area contributed by atoms with Gasteiger partial charge in [-0.25, -0.2) is 0 Å². The molecule has 1 amide bonds. The summed E-state index contributed by atoms with van der Waals surface area (Å²) in [6.45, 7) is 4.66. The minimum Gasteiger partial charge on any atom is -0.481 e. The van der Waals surface area contributed by atoms with E-state index in [2.05, 4.69) is 0 Å². The maximum absolute atomic E-state index is 12.4. The van der Waals surface area contributed by atoms with Crippen LogP contribution in [0.15, 0.2) is 16.7 Å². The molecular formula is C15H21NO4. The lowest BCUT2D eigenvalue weighted by molar-refractivity contribution is -0.152. The Labute approximate surface area is 118 Å². The van der Waals surface area contributed by atoms with Crippen LogP contribution < -0.4 is 0 Å². The van der Waals surface area contributed by atoms with Gasteiger partial charge in [0.25, 0.3) is 5.91 Å². The van der Waals surface area contributed by atoms with Crippen molar-refractivity contribution in [2.45, 2.75) is 39.5 Å². The minimum absolute atomic E-state index is 0.136. The van der Waals surface area contributed by atoms with Crippen molar-refractivity contribution < 1.29 is 19.1 Å². The number of carboxylic acid groups (broad SMARTS) is 1. The predicted molar refractivity (Wildman–Crippen MR) is 73.6 cm³/mol. The van der Waals surface area contributed by atoms with Gasteiger partial charge in [0.15, 0.2) is 0 Å². The number of hydrogen-bond donors (Lipinski definition) is 1. The van der Waals surface area contributed by atoms with Crippen LogP contribution in [0.2, 0.25) is 0 Å². The fourth-order valence-corrected chi connectivity index (χ4v) is 3.01. The number of rotatable bonds is 4. The molecule has 0 bridgehead atoms. The second-order valence-electron chi connectivity index (χ2n) is 5.61. The van der Waals surface area contributed by atoms with Crippen LogP contribution in [0, 0.1) is 12.3 Å². The van der Waals surface area contributed by atoms with E-state index in [0.29, 0.717) is 37.3 Å². The first-order chi connectivity index (χ1) is 9.48. The molecule has 0 radical (unpaired) electrons. The average molecular weight is 279 g/mol. The number of aryl methyl sites for hydroxylation is 1. The van der Waals surface area contributed by atoms with Gasteiger partial charge in [-0.3, -0.25) is 9.59 Å². The second kappa shape index (κ2) is 5.69. The summed E-state index contributed by atoms with van der Waals surface area (Å²) in [5.41, 5.74) is -0.290. The van der Waals surface area contributed by atoms with E-state index < -0.39 is 11.4 Å². The van der Waals surface area contributed by atoms with Crippen molar-refractivity contribution in [1.82, 2.24) is 4.90 Å². The molecule has 1 aliphatic heterocycles. The largest absolute Gasteiger partial charge is 0.481 e. The number of hydrogen-bond acceptors (Lipinski definition) is 3. The van der Waals surface area contributed by atoms with Gasteiger partial charge in [-0.15, -0.1) is 0 Å². The van der Waals surface area contributed by atoms with Crippen molar-refractivity contribution >= 4 is 11.9 Å². The molecular weight excluding hydrogens is 258 g/mol. The van der Waals surface area contributed by atoms with Crippen LogP contribution in [-0.2, 0) is 4.79 Å². The van der Waals surface area contributed by atoms with Crippen LogP contribution >= 0.6 is 0 Å². The average Bonchev–Trinajstić information content (AvgIpc) is 2.85. The minimum atomic E-state index is -0.791. The number of carbonyl (C=O) groups is 2. The second-order valence-corrected chi connectivity index (χ2v) is 5.61. The van der Waals surface area contributed by atoms with Crippen LogP contribution in [-0.4, -0.2) is 35.0 Å². The summed E-state index contributed by atoms with van der Waals surface area (Å²) in [4.78, 5) is 25.7. The topological polar surface area (TPSA) is 70.8 Å². The molecule has 1 saturated heterocycles. The molecule has 0 saturated carbocycles. The zero-order valence-corrected chi connectivity index (χ0v) is 12.0. The molecule has 1 aromatic heterocycles. The number of nitrogens with zero attached hydrogens (tertiary/aromatic N) is 1. The zero-order valence-electron chi connectivity index (χ0n) is 12.0. The van der Waals surface area contributed by atoms with Gasteiger partial charge in [0.05, 0.1) is 11.0 Å². The number of piperidine rings is 1. The first-order valence-electron chi connectivity index (χ1n) is 7.06. The predicted octanol–water partition coefficient (Wildman–Crippen LogP) is 2.70. The van der Waals surface area contributed by atoms with Crippen LogP contribution in [0.4, 0.5) is 0 Å². The number of carbonyl (C=O) groups excluding carboxylic acids is 1. The molecule has 5 nitrogen and oxygen atoms in total.